The molecule has 0 heterocycles. The van der Waals surface area contributed by atoms with E-state index in [2.05, 4.69) is 21.2 Å². The van der Waals surface area contributed by atoms with E-state index in [0.29, 0.717) is 6.54 Å². The molecule has 110 valence electrons. The first kappa shape index (κ1) is 16.5. The quantitative estimate of drug-likeness (QED) is 0.864. The van der Waals surface area contributed by atoms with Crippen molar-refractivity contribution in [2.45, 2.75) is 20.4 Å². The Labute approximate surface area is 127 Å². The number of hydrogen-bond acceptors (Lipinski definition) is 2. The highest BCUT2D eigenvalue weighted by Gasteiger charge is 2.28. The largest absolute Gasteiger partial charge is 0.481 e. The van der Waals surface area contributed by atoms with Gasteiger partial charge in [0.05, 0.1) is 5.41 Å². The Hall–Kier alpha value is -1.56. The summed E-state index contributed by atoms with van der Waals surface area (Å²) < 4.78 is 0.954. The number of rotatable bonds is 5. The molecule has 0 bridgehead atoms. The smallest absolute Gasteiger partial charge is 0.317 e. The maximum Gasteiger partial charge on any atom is 0.317 e. The molecule has 5 nitrogen and oxygen atoms in total. The van der Waals surface area contributed by atoms with Gasteiger partial charge < -0.3 is 15.3 Å². The van der Waals surface area contributed by atoms with Gasteiger partial charge in [-0.25, -0.2) is 4.79 Å². The minimum absolute atomic E-state index is 0.0873. The molecule has 20 heavy (non-hydrogen) atoms. The SMILES string of the molecule is CN(Cc1cccc(Br)c1)C(=O)NCC(C)(C)C(=O)O. The maximum atomic E-state index is 11.9. The van der Waals surface area contributed by atoms with Crippen LogP contribution in [0.2, 0.25) is 0 Å². The summed E-state index contributed by atoms with van der Waals surface area (Å²) in [5.74, 6) is -0.938. The van der Waals surface area contributed by atoms with Crippen molar-refractivity contribution >= 4 is 27.9 Å². The first-order chi connectivity index (χ1) is 9.22. The number of carboxylic acid groups (broad SMARTS) is 1. The molecular weight excluding hydrogens is 324 g/mol. The van der Waals surface area contributed by atoms with Crippen molar-refractivity contribution in [1.29, 1.82) is 0 Å². The van der Waals surface area contributed by atoms with Gasteiger partial charge in [0, 0.05) is 24.6 Å². The Morgan fingerprint density at radius 3 is 2.60 bits per heavy atom. The van der Waals surface area contributed by atoms with Gasteiger partial charge in [0.15, 0.2) is 0 Å². The highest BCUT2D eigenvalue weighted by atomic mass is 79.9. The second-order valence-electron chi connectivity index (χ2n) is 5.33. The standard InChI is InChI=1S/C14H19BrN2O3/c1-14(2,12(18)19)9-16-13(20)17(3)8-10-5-4-6-11(15)7-10/h4-7H,8-9H2,1-3H3,(H,16,20)(H,18,19). The molecule has 6 heteroatoms. The number of halogens is 1. The number of carbonyl (C=O) groups is 2. The third-order valence-electron chi connectivity index (χ3n) is 2.92. The molecular formula is C14H19BrN2O3. The first-order valence-corrected chi connectivity index (χ1v) is 6.98. The van der Waals surface area contributed by atoms with Crippen molar-refractivity contribution in [2.75, 3.05) is 13.6 Å². The van der Waals surface area contributed by atoms with E-state index in [-0.39, 0.29) is 12.6 Å². The summed E-state index contributed by atoms with van der Waals surface area (Å²) in [4.78, 5) is 24.4. The van der Waals surface area contributed by atoms with Crippen LogP contribution in [0.4, 0.5) is 4.79 Å². The number of benzene rings is 1. The van der Waals surface area contributed by atoms with Crippen molar-refractivity contribution in [2.24, 2.45) is 5.41 Å². The monoisotopic (exact) mass is 342 g/mol. The van der Waals surface area contributed by atoms with Gasteiger partial charge in [-0.2, -0.15) is 0 Å². The maximum absolute atomic E-state index is 11.9. The van der Waals surface area contributed by atoms with Gasteiger partial charge in [-0.3, -0.25) is 4.79 Å². The Morgan fingerprint density at radius 1 is 1.40 bits per heavy atom. The summed E-state index contributed by atoms with van der Waals surface area (Å²) in [6.07, 6.45) is 0. The summed E-state index contributed by atoms with van der Waals surface area (Å²) in [6, 6.07) is 7.39. The summed E-state index contributed by atoms with van der Waals surface area (Å²) >= 11 is 3.38. The van der Waals surface area contributed by atoms with Gasteiger partial charge in [0.2, 0.25) is 0 Å². The highest BCUT2D eigenvalue weighted by Crippen LogP contribution is 2.14. The third-order valence-corrected chi connectivity index (χ3v) is 3.41. The molecule has 0 saturated carbocycles. The van der Waals surface area contributed by atoms with Crippen molar-refractivity contribution < 1.29 is 14.7 Å². The van der Waals surface area contributed by atoms with Crippen LogP contribution in [0.5, 0.6) is 0 Å². The molecule has 0 unspecified atom stereocenters. The summed E-state index contributed by atoms with van der Waals surface area (Å²) in [6.45, 7) is 3.69. The highest BCUT2D eigenvalue weighted by molar-refractivity contribution is 9.10. The molecule has 0 radical (unpaired) electrons. The number of hydrogen-bond donors (Lipinski definition) is 2. The van der Waals surface area contributed by atoms with Crippen LogP contribution in [0.25, 0.3) is 0 Å². The molecule has 0 aliphatic heterocycles. The Kier molecular flexibility index (Phi) is 5.56. The fourth-order valence-corrected chi connectivity index (χ4v) is 1.93. The number of carbonyl (C=O) groups excluding carboxylic acids is 1. The second-order valence-corrected chi connectivity index (χ2v) is 6.25. The van der Waals surface area contributed by atoms with Crippen molar-refractivity contribution in [3.63, 3.8) is 0 Å². The van der Waals surface area contributed by atoms with Crippen LogP contribution in [0, 0.1) is 5.41 Å². The van der Waals surface area contributed by atoms with Gasteiger partial charge in [0.25, 0.3) is 0 Å². The number of urea groups is 1. The Bertz CT molecular complexity index is 503. The van der Waals surface area contributed by atoms with E-state index in [1.807, 2.05) is 24.3 Å². The van der Waals surface area contributed by atoms with E-state index >= 15 is 0 Å². The number of carboxylic acids is 1. The molecule has 0 aliphatic carbocycles. The van der Waals surface area contributed by atoms with E-state index in [0.717, 1.165) is 10.0 Å². The average molecular weight is 343 g/mol. The Balaban J connectivity index is 2.54. The van der Waals surface area contributed by atoms with Gasteiger partial charge in [-0.1, -0.05) is 28.1 Å². The molecule has 0 spiro atoms. The number of aliphatic carboxylic acids is 1. The van der Waals surface area contributed by atoms with Crippen LogP contribution < -0.4 is 5.32 Å². The van der Waals surface area contributed by atoms with E-state index in [1.54, 1.807) is 20.9 Å². The van der Waals surface area contributed by atoms with Gasteiger partial charge >= 0.3 is 12.0 Å². The van der Waals surface area contributed by atoms with E-state index in [4.69, 9.17) is 5.11 Å². The zero-order chi connectivity index (χ0) is 15.3. The first-order valence-electron chi connectivity index (χ1n) is 6.19. The molecule has 1 aromatic carbocycles. The molecule has 1 aromatic rings. The Morgan fingerprint density at radius 2 is 2.05 bits per heavy atom. The van der Waals surface area contributed by atoms with Gasteiger partial charge in [-0.15, -0.1) is 0 Å². The molecule has 0 atom stereocenters. The minimum Gasteiger partial charge on any atom is -0.481 e. The van der Waals surface area contributed by atoms with Crippen LogP contribution in [0.15, 0.2) is 28.7 Å². The van der Waals surface area contributed by atoms with Crippen molar-refractivity contribution in [3.8, 4) is 0 Å². The number of amides is 2. The zero-order valence-corrected chi connectivity index (χ0v) is 13.4. The van der Waals surface area contributed by atoms with Crippen LogP contribution in [-0.4, -0.2) is 35.6 Å². The number of nitrogens with zero attached hydrogens (tertiary/aromatic N) is 1. The predicted octanol–water partition coefficient (Wildman–Crippen LogP) is 2.70. The lowest BCUT2D eigenvalue weighted by atomic mass is 9.94. The summed E-state index contributed by atoms with van der Waals surface area (Å²) in [5.41, 5.74) is 0.0150. The molecule has 0 fully saturated rings. The van der Waals surface area contributed by atoms with Gasteiger partial charge in [-0.05, 0) is 31.5 Å². The predicted molar refractivity (Wildman–Crippen MR) is 80.4 cm³/mol. The fraction of sp³-hybridized carbons (Fsp3) is 0.429. The van der Waals surface area contributed by atoms with E-state index in [9.17, 15) is 9.59 Å². The van der Waals surface area contributed by atoms with Crippen molar-refractivity contribution in [3.05, 3.63) is 34.3 Å². The van der Waals surface area contributed by atoms with E-state index < -0.39 is 11.4 Å². The lowest BCUT2D eigenvalue weighted by Gasteiger charge is -2.23. The lowest BCUT2D eigenvalue weighted by Crippen LogP contribution is -2.43. The summed E-state index contributed by atoms with van der Waals surface area (Å²) in [7, 11) is 1.67. The molecule has 0 saturated heterocycles. The molecule has 2 amide bonds. The molecule has 0 aliphatic rings. The van der Waals surface area contributed by atoms with Crippen LogP contribution in [0.1, 0.15) is 19.4 Å². The van der Waals surface area contributed by atoms with Crippen LogP contribution in [-0.2, 0) is 11.3 Å². The average Bonchev–Trinajstić information content (AvgIpc) is 2.35. The van der Waals surface area contributed by atoms with Crippen LogP contribution in [0.3, 0.4) is 0 Å². The topological polar surface area (TPSA) is 69.6 Å². The van der Waals surface area contributed by atoms with Crippen molar-refractivity contribution in [1.82, 2.24) is 10.2 Å². The second kappa shape index (κ2) is 6.74. The van der Waals surface area contributed by atoms with Gasteiger partial charge in [0.1, 0.15) is 0 Å². The number of nitrogens with one attached hydrogen (secondary N) is 1. The zero-order valence-electron chi connectivity index (χ0n) is 11.8. The fourth-order valence-electron chi connectivity index (χ4n) is 1.49. The molecule has 1 rings (SSSR count). The lowest BCUT2D eigenvalue weighted by molar-refractivity contribution is -0.146. The minimum atomic E-state index is -0.980. The summed E-state index contributed by atoms with van der Waals surface area (Å²) in [5, 5.41) is 11.6. The van der Waals surface area contributed by atoms with Crippen LogP contribution >= 0.6 is 15.9 Å². The third kappa shape index (κ3) is 4.85. The normalized spacial score (nSPS) is 11.0. The molecule has 0 aromatic heterocycles. The molecule has 2 N–H and O–H groups in total. The van der Waals surface area contributed by atoms with E-state index in [1.165, 1.54) is 4.90 Å².